The van der Waals surface area contributed by atoms with Gasteiger partial charge in [0.1, 0.15) is 17.2 Å². The molecule has 0 fully saturated rings. The molecule has 1 aliphatic carbocycles. The van der Waals surface area contributed by atoms with Gasteiger partial charge in [0.15, 0.2) is 5.78 Å². The molecule has 2 atom stereocenters. The average molecular weight is 484 g/mol. The SMILES string of the molecule is COc1cc(OC)cc(N2C(=O)CC(c3ccccc3OC)C3=C2CC(c2ccccc2)CC3=O)c1. The van der Waals surface area contributed by atoms with Crippen molar-refractivity contribution in [2.24, 2.45) is 0 Å². The highest BCUT2D eigenvalue weighted by atomic mass is 16.5. The maximum absolute atomic E-state index is 13.8. The van der Waals surface area contributed by atoms with Gasteiger partial charge in [-0.1, -0.05) is 48.5 Å². The van der Waals surface area contributed by atoms with Gasteiger partial charge in [-0.15, -0.1) is 0 Å². The summed E-state index contributed by atoms with van der Waals surface area (Å²) in [6.45, 7) is 0. The van der Waals surface area contributed by atoms with Crippen LogP contribution in [-0.2, 0) is 9.59 Å². The maximum atomic E-state index is 13.8. The Kier molecular flexibility index (Phi) is 6.51. The Bertz CT molecular complexity index is 1310. The van der Waals surface area contributed by atoms with Crippen molar-refractivity contribution in [3.8, 4) is 17.2 Å². The van der Waals surface area contributed by atoms with Crippen molar-refractivity contribution in [2.45, 2.75) is 31.1 Å². The van der Waals surface area contributed by atoms with E-state index >= 15 is 0 Å². The van der Waals surface area contributed by atoms with E-state index in [2.05, 4.69) is 0 Å². The summed E-state index contributed by atoms with van der Waals surface area (Å²) in [7, 11) is 4.77. The van der Waals surface area contributed by atoms with Crippen molar-refractivity contribution in [3.05, 3.63) is 95.2 Å². The van der Waals surface area contributed by atoms with Crippen molar-refractivity contribution in [1.29, 1.82) is 0 Å². The van der Waals surface area contributed by atoms with Gasteiger partial charge < -0.3 is 14.2 Å². The highest BCUT2D eigenvalue weighted by molar-refractivity contribution is 6.08. The van der Waals surface area contributed by atoms with Gasteiger partial charge in [-0.05, 0) is 24.0 Å². The molecule has 0 bridgehead atoms. The van der Waals surface area contributed by atoms with Crippen molar-refractivity contribution < 1.29 is 23.8 Å². The largest absolute Gasteiger partial charge is 0.497 e. The number of anilines is 1. The molecule has 0 N–H and O–H groups in total. The minimum Gasteiger partial charge on any atom is -0.497 e. The van der Waals surface area contributed by atoms with Gasteiger partial charge in [0, 0.05) is 53.8 Å². The van der Waals surface area contributed by atoms with Crippen molar-refractivity contribution in [3.63, 3.8) is 0 Å². The van der Waals surface area contributed by atoms with Crippen LogP contribution in [0.15, 0.2) is 84.1 Å². The zero-order chi connectivity index (χ0) is 25.2. The molecule has 0 spiro atoms. The summed E-state index contributed by atoms with van der Waals surface area (Å²) in [5.41, 5.74) is 4.00. The fourth-order valence-electron chi connectivity index (χ4n) is 5.44. The minimum absolute atomic E-state index is 0.0170. The lowest BCUT2D eigenvalue weighted by Crippen LogP contribution is -2.42. The zero-order valence-corrected chi connectivity index (χ0v) is 20.7. The predicted molar refractivity (Wildman–Crippen MR) is 138 cm³/mol. The van der Waals surface area contributed by atoms with Gasteiger partial charge in [-0.25, -0.2) is 0 Å². The molecule has 5 rings (SSSR count). The normalized spacial score (nSPS) is 19.7. The van der Waals surface area contributed by atoms with Crippen LogP contribution in [0.2, 0.25) is 0 Å². The molecule has 2 unspecified atom stereocenters. The van der Waals surface area contributed by atoms with E-state index in [0.717, 1.165) is 16.8 Å². The molecule has 0 aromatic heterocycles. The smallest absolute Gasteiger partial charge is 0.232 e. The quantitative estimate of drug-likeness (QED) is 0.454. The second kappa shape index (κ2) is 9.90. The van der Waals surface area contributed by atoms with Crippen LogP contribution in [0.5, 0.6) is 17.2 Å². The van der Waals surface area contributed by atoms with E-state index in [-0.39, 0.29) is 29.9 Å². The number of para-hydroxylation sites is 1. The fourth-order valence-corrected chi connectivity index (χ4v) is 5.44. The van der Waals surface area contributed by atoms with Crippen LogP contribution in [0.25, 0.3) is 0 Å². The van der Waals surface area contributed by atoms with Crippen LogP contribution >= 0.6 is 0 Å². The van der Waals surface area contributed by atoms with Crippen LogP contribution in [0.3, 0.4) is 0 Å². The first-order valence-corrected chi connectivity index (χ1v) is 12.0. The molecule has 0 saturated carbocycles. The van der Waals surface area contributed by atoms with E-state index in [1.54, 1.807) is 32.3 Å². The molecule has 3 aromatic rings. The first kappa shape index (κ1) is 23.7. The van der Waals surface area contributed by atoms with Crippen LogP contribution in [0.4, 0.5) is 5.69 Å². The number of allylic oxidation sites excluding steroid dienone is 2. The van der Waals surface area contributed by atoms with Crippen LogP contribution in [0, 0.1) is 0 Å². The van der Waals surface area contributed by atoms with E-state index in [1.165, 1.54) is 0 Å². The number of hydrogen-bond donors (Lipinski definition) is 0. The summed E-state index contributed by atoms with van der Waals surface area (Å²) in [4.78, 5) is 29.4. The van der Waals surface area contributed by atoms with E-state index < -0.39 is 0 Å². The molecule has 1 aliphatic heterocycles. The second-order valence-electron chi connectivity index (χ2n) is 9.10. The predicted octanol–water partition coefficient (Wildman–Crippen LogP) is 5.63. The van der Waals surface area contributed by atoms with E-state index in [9.17, 15) is 9.59 Å². The number of ketones is 1. The van der Waals surface area contributed by atoms with E-state index in [0.29, 0.717) is 41.4 Å². The van der Waals surface area contributed by atoms with Gasteiger partial charge >= 0.3 is 0 Å². The van der Waals surface area contributed by atoms with Crippen LogP contribution in [-0.4, -0.2) is 33.0 Å². The lowest BCUT2D eigenvalue weighted by Gasteiger charge is -2.40. The summed E-state index contributed by atoms with van der Waals surface area (Å²) in [5.74, 6) is 1.43. The summed E-state index contributed by atoms with van der Waals surface area (Å²) < 4.78 is 16.6. The molecule has 0 radical (unpaired) electrons. The first-order chi connectivity index (χ1) is 17.5. The van der Waals surface area contributed by atoms with Gasteiger partial charge in [0.25, 0.3) is 0 Å². The average Bonchev–Trinajstić information content (AvgIpc) is 2.92. The van der Waals surface area contributed by atoms with Gasteiger partial charge in [0.2, 0.25) is 5.91 Å². The molecule has 3 aromatic carbocycles. The zero-order valence-electron chi connectivity index (χ0n) is 20.7. The topological polar surface area (TPSA) is 65.1 Å². The Morgan fingerprint density at radius 1 is 0.750 bits per heavy atom. The number of ether oxygens (including phenoxy) is 3. The number of nitrogens with zero attached hydrogens (tertiary/aromatic N) is 1. The highest BCUT2D eigenvalue weighted by Crippen LogP contribution is 2.49. The summed E-state index contributed by atoms with van der Waals surface area (Å²) >= 11 is 0. The molecule has 36 heavy (non-hydrogen) atoms. The Hall–Kier alpha value is -4.06. The standard InChI is InChI=1S/C30H29NO5/c1-34-22-15-21(16-23(17-22)35-2)31-26-13-20(19-9-5-4-6-10-19)14-27(32)30(26)25(18-29(31)33)24-11-7-8-12-28(24)36-3/h4-12,15-17,20,25H,13-14,18H2,1-3H3. The molecule has 6 nitrogen and oxygen atoms in total. The van der Waals surface area contributed by atoms with Gasteiger partial charge in [0.05, 0.1) is 27.0 Å². The number of rotatable bonds is 6. The lowest BCUT2D eigenvalue weighted by atomic mass is 9.72. The number of Topliss-reactive ketones (excluding diaryl/α,β-unsaturated/α-hetero) is 1. The number of hydrogen-bond acceptors (Lipinski definition) is 5. The monoisotopic (exact) mass is 483 g/mol. The summed E-state index contributed by atoms with van der Waals surface area (Å²) in [5, 5.41) is 0. The van der Waals surface area contributed by atoms with Crippen molar-refractivity contribution in [2.75, 3.05) is 26.2 Å². The number of amides is 1. The number of methoxy groups -OCH3 is 3. The first-order valence-electron chi connectivity index (χ1n) is 12.0. The lowest BCUT2D eigenvalue weighted by molar-refractivity contribution is -0.120. The van der Waals surface area contributed by atoms with Gasteiger partial charge in [-0.3, -0.25) is 14.5 Å². The second-order valence-corrected chi connectivity index (χ2v) is 9.10. The summed E-state index contributed by atoms with van der Waals surface area (Å²) in [6, 6.07) is 23.1. The summed E-state index contributed by atoms with van der Waals surface area (Å²) in [6.07, 6.45) is 1.14. The molecule has 1 heterocycles. The van der Waals surface area contributed by atoms with E-state index in [4.69, 9.17) is 14.2 Å². The third-order valence-electron chi connectivity index (χ3n) is 7.11. The fraction of sp³-hybridized carbons (Fsp3) is 0.267. The molecular formula is C30H29NO5. The molecule has 6 heteroatoms. The third-order valence-corrected chi connectivity index (χ3v) is 7.11. The number of carbonyl (C=O) groups is 2. The molecule has 2 aliphatic rings. The molecule has 0 saturated heterocycles. The van der Waals surface area contributed by atoms with Crippen LogP contribution in [0.1, 0.15) is 42.2 Å². The number of carbonyl (C=O) groups excluding carboxylic acids is 2. The van der Waals surface area contributed by atoms with E-state index in [1.807, 2.05) is 66.7 Å². The Labute approximate surface area is 211 Å². The highest BCUT2D eigenvalue weighted by Gasteiger charge is 2.43. The minimum atomic E-state index is -0.364. The Balaban J connectivity index is 1.69. The Morgan fingerprint density at radius 3 is 2.08 bits per heavy atom. The Morgan fingerprint density at radius 2 is 1.42 bits per heavy atom. The van der Waals surface area contributed by atoms with Gasteiger partial charge in [-0.2, -0.15) is 0 Å². The molecular weight excluding hydrogens is 454 g/mol. The maximum Gasteiger partial charge on any atom is 0.232 e. The molecule has 1 amide bonds. The third kappa shape index (κ3) is 4.24. The molecule has 184 valence electrons. The number of benzene rings is 3. The van der Waals surface area contributed by atoms with Crippen molar-refractivity contribution >= 4 is 17.4 Å². The van der Waals surface area contributed by atoms with Crippen LogP contribution < -0.4 is 19.1 Å². The van der Waals surface area contributed by atoms with Crippen molar-refractivity contribution in [1.82, 2.24) is 0 Å².